The Hall–Kier alpha value is -2.42. The molecule has 0 heterocycles. The molecule has 0 bridgehead atoms. The highest BCUT2D eigenvalue weighted by Gasteiger charge is 2.21. The molecular formula is C17H17NO2. The lowest BCUT2D eigenvalue weighted by molar-refractivity contribution is -0.126. The summed E-state index contributed by atoms with van der Waals surface area (Å²) >= 11 is 0. The van der Waals surface area contributed by atoms with Gasteiger partial charge in [0, 0.05) is 13.3 Å². The quantitative estimate of drug-likeness (QED) is 0.905. The van der Waals surface area contributed by atoms with E-state index in [0.29, 0.717) is 6.42 Å². The van der Waals surface area contributed by atoms with Crippen molar-refractivity contribution in [3.8, 4) is 0 Å². The highest BCUT2D eigenvalue weighted by atomic mass is 16.2. The number of benzene rings is 2. The minimum Gasteiger partial charge on any atom is -0.342 e. The molecule has 0 spiro atoms. The van der Waals surface area contributed by atoms with Gasteiger partial charge in [0.2, 0.25) is 5.91 Å². The summed E-state index contributed by atoms with van der Waals surface area (Å²) in [5.41, 5.74) is 1.76. The number of carbonyl (C=O) groups is 2. The van der Waals surface area contributed by atoms with Gasteiger partial charge < -0.3 is 5.32 Å². The molecule has 1 atom stereocenters. The minimum atomic E-state index is -0.589. The van der Waals surface area contributed by atoms with Crippen LogP contribution < -0.4 is 5.32 Å². The van der Waals surface area contributed by atoms with E-state index in [9.17, 15) is 9.59 Å². The summed E-state index contributed by atoms with van der Waals surface area (Å²) in [6.07, 6.45) is 0.306. The summed E-state index contributed by atoms with van der Waals surface area (Å²) in [5, 5.41) is 2.73. The van der Waals surface area contributed by atoms with Crippen molar-refractivity contribution in [1.82, 2.24) is 5.32 Å². The molecule has 0 fully saturated rings. The predicted octanol–water partition coefficient (Wildman–Crippen LogP) is 2.68. The second-order valence-corrected chi connectivity index (χ2v) is 4.67. The number of ketones is 1. The summed E-state index contributed by atoms with van der Waals surface area (Å²) in [5.74, 6) is -0.224. The molecule has 0 saturated carbocycles. The SMILES string of the molecule is CC(=O)NC(C(=O)Cc1ccccc1)c1ccccc1. The van der Waals surface area contributed by atoms with Gasteiger partial charge in [0.1, 0.15) is 6.04 Å². The second kappa shape index (κ2) is 6.66. The Morgan fingerprint density at radius 1 is 0.950 bits per heavy atom. The number of hydrogen-bond donors (Lipinski definition) is 1. The fourth-order valence-corrected chi connectivity index (χ4v) is 2.10. The van der Waals surface area contributed by atoms with Crippen molar-refractivity contribution < 1.29 is 9.59 Å². The van der Waals surface area contributed by atoms with Gasteiger partial charge in [0.15, 0.2) is 5.78 Å². The maximum Gasteiger partial charge on any atom is 0.217 e. The van der Waals surface area contributed by atoms with Crippen molar-refractivity contribution in [3.63, 3.8) is 0 Å². The molecule has 1 amide bonds. The van der Waals surface area contributed by atoms with Gasteiger partial charge in [-0.15, -0.1) is 0 Å². The zero-order chi connectivity index (χ0) is 14.4. The molecule has 102 valence electrons. The lowest BCUT2D eigenvalue weighted by atomic mass is 9.97. The van der Waals surface area contributed by atoms with E-state index in [4.69, 9.17) is 0 Å². The Labute approximate surface area is 118 Å². The average molecular weight is 267 g/mol. The van der Waals surface area contributed by atoms with Crippen LogP contribution in [0.4, 0.5) is 0 Å². The van der Waals surface area contributed by atoms with Crippen LogP contribution in [0.15, 0.2) is 60.7 Å². The zero-order valence-electron chi connectivity index (χ0n) is 11.4. The lowest BCUT2D eigenvalue weighted by Gasteiger charge is -2.17. The maximum atomic E-state index is 12.4. The molecule has 20 heavy (non-hydrogen) atoms. The summed E-state index contributed by atoms with van der Waals surface area (Å²) < 4.78 is 0. The Morgan fingerprint density at radius 2 is 1.50 bits per heavy atom. The van der Waals surface area contributed by atoms with Gasteiger partial charge in [0.05, 0.1) is 0 Å². The lowest BCUT2D eigenvalue weighted by Crippen LogP contribution is -2.33. The van der Waals surface area contributed by atoms with Crippen LogP contribution in [0.5, 0.6) is 0 Å². The summed E-state index contributed by atoms with van der Waals surface area (Å²) in [6, 6.07) is 18.3. The third-order valence-electron chi connectivity index (χ3n) is 3.02. The van der Waals surface area contributed by atoms with Gasteiger partial charge in [-0.25, -0.2) is 0 Å². The number of hydrogen-bond acceptors (Lipinski definition) is 2. The van der Waals surface area contributed by atoms with Gasteiger partial charge in [-0.05, 0) is 11.1 Å². The van der Waals surface area contributed by atoms with Crippen molar-refractivity contribution >= 4 is 11.7 Å². The van der Waals surface area contributed by atoms with Crippen molar-refractivity contribution in [3.05, 3.63) is 71.8 Å². The molecule has 0 aliphatic carbocycles. The third kappa shape index (κ3) is 3.79. The normalized spacial score (nSPS) is 11.7. The molecule has 0 saturated heterocycles. The van der Waals surface area contributed by atoms with Crippen LogP contribution in [0.3, 0.4) is 0 Å². The summed E-state index contributed by atoms with van der Waals surface area (Å²) in [6.45, 7) is 1.42. The first-order valence-corrected chi connectivity index (χ1v) is 6.55. The highest BCUT2D eigenvalue weighted by molar-refractivity contribution is 5.90. The molecule has 2 aromatic carbocycles. The van der Waals surface area contributed by atoms with Crippen LogP contribution in [0, 0.1) is 0 Å². The van der Waals surface area contributed by atoms with Gasteiger partial charge in [-0.2, -0.15) is 0 Å². The number of amides is 1. The number of Topliss-reactive ketones (excluding diaryl/α,β-unsaturated/α-hetero) is 1. The van der Waals surface area contributed by atoms with Crippen LogP contribution in [0.1, 0.15) is 24.1 Å². The topological polar surface area (TPSA) is 46.2 Å². The Bertz CT molecular complexity index is 578. The van der Waals surface area contributed by atoms with Crippen molar-refractivity contribution in [2.75, 3.05) is 0 Å². The fraction of sp³-hybridized carbons (Fsp3) is 0.176. The first-order chi connectivity index (χ1) is 9.66. The molecule has 2 aromatic rings. The van der Waals surface area contributed by atoms with E-state index in [0.717, 1.165) is 11.1 Å². The number of nitrogens with one attached hydrogen (secondary N) is 1. The molecular weight excluding hydrogens is 250 g/mol. The van der Waals surface area contributed by atoms with Crippen LogP contribution in [-0.4, -0.2) is 11.7 Å². The van der Waals surface area contributed by atoms with Gasteiger partial charge >= 0.3 is 0 Å². The summed E-state index contributed by atoms with van der Waals surface area (Å²) in [7, 11) is 0. The first kappa shape index (κ1) is 14.0. The second-order valence-electron chi connectivity index (χ2n) is 4.67. The summed E-state index contributed by atoms with van der Waals surface area (Å²) in [4.78, 5) is 23.8. The monoisotopic (exact) mass is 267 g/mol. The minimum absolute atomic E-state index is 0.0161. The van der Waals surface area contributed by atoms with Crippen molar-refractivity contribution in [2.24, 2.45) is 0 Å². The van der Waals surface area contributed by atoms with E-state index in [1.807, 2.05) is 60.7 Å². The van der Waals surface area contributed by atoms with E-state index in [1.54, 1.807) is 0 Å². The molecule has 0 aliphatic rings. The zero-order valence-corrected chi connectivity index (χ0v) is 11.4. The van der Waals surface area contributed by atoms with Crippen molar-refractivity contribution in [2.45, 2.75) is 19.4 Å². The van der Waals surface area contributed by atoms with Gasteiger partial charge in [0.25, 0.3) is 0 Å². The highest BCUT2D eigenvalue weighted by Crippen LogP contribution is 2.16. The molecule has 3 heteroatoms. The van der Waals surface area contributed by atoms with E-state index >= 15 is 0 Å². The van der Waals surface area contributed by atoms with Crippen molar-refractivity contribution in [1.29, 1.82) is 0 Å². The largest absolute Gasteiger partial charge is 0.342 e. The Balaban J connectivity index is 2.18. The number of carbonyl (C=O) groups excluding carboxylic acids is 2. The smallest absolute Gasteiger partial charge is 0.217 e. The van der Waals surface area contributed by atoms with E-state index in [1.165, 1.54) is 6.92 Å². The van der Waals surface area contributed by atoms with Crippen LogP contribution in [0.25, 0.3) is 0 Å². The number of rotatable bonds is 5. The molecule has 2 rings (SSSR count). The van der Waals surface area contributed by atoms with Gasteiger partial charge in [-0.3, -0.25) is 9.59 Å². The predicted molar refractivity (Wildman–Crippen MR) is 78.2 cm³/mol. The molecule has 3 nitrogen and oxygen atoms in total. The van der Waals surface area contributed by atoms with E-state index in [-0.39, 0.29) is 11.7 Å². The Morgan fingerprint density at radius 3 is 2.05 bits per heavy atom. The Kier molecular flexibility index (Phi) is 4.66. The van der Waals surface area contributed by atoms with E-state index in [2.05, 4.69) is 5.32 Å². The molecule has 0 aromatic heterocycles. The third-order valence-corrected chi connectivity index (χ3v) is 3.02. The van der Waals surface area contributed by atoms with Crippen LogP contribution in [-0.2, 0) is 16.0 Å². The average Bonchev–Trinajstić information content (AvgIpc) is 2.46. The standard InChI is InChI=1S/C17H17NO2/c1-13(19)18-17(15-10-6-3-7-11-15)16(20)12-14-8-4-2-5-9-14/h2-11,17H,12H2,1H3,(H,18,19). The molecule has 1 unspecified atom stereocenters. The first-order valence-electron chi connectivity index (χ1n) is 6.55. The van der Waals surface area contributed by atoms with Crippen LogP contribution >= 0.6 is 0 Å². The fourth-order valence-electron chi connectivity index (χ4n) is 2.10. The van der Waals surface area contributed by atoms with Gasteiger partial charge in [-0.1, -0.05) is 60.7 Å². The molecule has 0 radical (unpaired) electrons. The molecule has 1 N–H and O–H groups in total. The maximum absolute atomic E-state index is 12.4. The molecule has 0 aliphatic heterocycles. The van der Waals surface area contributed by atoms with E-state index < -0.39 is 6.04 Å². The van der Waals surface area contributed by atoms with Crippen LogP contribution in [0.2, 0.25) is 0 Å².